The molecule has 6 aromatic rings. The zero-order valence-electron chi connectivity index (χ0n) is 20.5. The third kappa shape index (κ3) is 5.09. The highest BCUT2D eigenvalue weighted by atomic mass is 127. The summed E-state index contributed by atoms with van der Waals surface area (Å²) in [5, 5.41) is 11.2. The van der Waals surface area contributed by atoms with Gasteiger partial charge in [-0.1, -0.05) is 146 Å². The second kappa shape index (κ2) is 12.0. The number of hydrogen-bond acceptors (Lipinski definition) is 0. The predicted molar refractivity (Wildman–Crippen MR) is 187 cm³/mol. The van der Waals surface area contributed by atoms with Crippen LogP contribution in [0.25, 0.3) is 10.8 Å². The van der Waals surface area contributed by atoms with Crippen molar-refractivity contribution < 1.29 is 0 Å². The molecule has 0 spiro atoms. The monoisotopic (exact) mass is 748 g/mol. The maximum absolute atomic E-state index is 2.65. The smallest absolute Gasteiger partial charge is 0.0299 e. The van der Waals surface area contributed by atoms with Crippen molar-refractivity contribution in [3.63, 3.8) is 0 Å². The maximum atomic E-state index is 2.65. The van der Waals surface area contributed by atoms with Gasteiger partial charge in [-0.05, 0) is 93.0 Å². The molecule has 0 aliphatic rings. The van der Waals surface area contributed by atoms with Gasteiger partial charge in [-0.2, -0.15) is 0 Å². The number of halogens is 2. The third-order valence-electron chi connectivity index (χ3n) is 6.54. The fourth-order valence-corrected chi connectivity index (χ4v) is 13.6. The van der Waals surface area contributed by atoms with Crippen molar-refractivity contribution in [2.45, 2.75) is 0 Å². The molecule has 0 N–H and O–H groups in total. The minimum absolute atomic E-state index is 0.786. The zero-order valence-corrected chi connectivity index (χ0v) is 26.6. The van der Waals surface area contributed by atoms with Gasteiger partial charge in [0, 0.05) is 17.7 Å². The van der Waals surface area contributed by atoms with Crippen molar-refractivity contribution in [3.8, 4) is 0 Å². The van der Waals surface area contributed by atoms with Crippen molar-refractivity contribution >= 4 is 104 Å². The highest BCUT2D eigenvalue weighted by Gasteiger charge is 2.31. The SMILES string of the molecule is Ic1c(P(c2ccccc2)c2ccccc2)c(P(c2ccccc2)c2ccccc2)c(I)c2ccccc12. The van der Waals surface area contributed by atoms with E-state index in [1.165, 1.54) is 49.7 Å². The first-order valence-electron chi connectivity index (χ1n) is 12.4. The van der Waals surface area contributed by atoms with Crippen LogP contribution in [0.4, 0.5) is 0 Å². The molecule has 184 valence electrons. The second-order valence-corrected chi connectivity index (χ2v) is 15.3. The van der Waals surface area contributed by atoms with Gasteiger partial charge in [0.2, 0.25) is 0 Å². The Morgan fingerprint density at radius 1 is 0.316 bits per heavy atom. The summed E-state index contributed by atoms with van der Waals surface area (Å²) in [6, 6.07) is 53.4. The van der Waals surface area contributed by atoms with Gasteiger partial charge < -0.3 is 0 Å². The van der Waals surface area contributed by atoms with Gasteiger partial charge in [-0.25, -0.2) is 0 Å². The van der Waals surface area contributed by atoms with E-state index in [0.717, 1.165) is 0 Å². The molecule has 0 atom stereocenters. The number of benzene rings is 6. The van der Waals surface area contributed by atoms with Crippen LogP contribution in [0.5, 0.6) is 0 Å². The molecule has 0 amide bonds. The maximum Gasteiger partial charge on any atom is 0.0299 e. The fourth-order valence-electron chi connectivity index (χ4n) is 4.86. The lowest BCUT2D eigenvalue weighted by Gasteiger charge is -2.30. The second-order valence-electron chi connectivity index (χ2n) is 8.88. The molecule has 0 saturated heterocycles. The fraction of sp³-hybridized carbons (Fsp3) is 0. The van der Waals surface area contributed by atoms with Crippen LogP contribution in [-0.4, -0.2) is 0 Å². The zero-order chi connectivity index (χ0) is 25.9. The van der Waals surface area contributed by atoms with Crippen molar-refractivity contribution in [2.24, 2.45) is 0 Å². The van der Waals surface area contributed by atoms with E-state index in [-0.39, 0.29) is 0 Å². The summed E-state index contributed by atoms with van der Waals surface area (Å²) >= 11 is 5.29. The van der Waals surface area contributed by atoms with Crippen LogP contribution < -0.4 is 31.8 Å². The minimum atomic E-state index is -0.786. The molecule has 0 radical (unpaired) electrons. The molecule has 38 heavy (non-hydrogen) atoms. The van der Waals surface area contributed by atoms with Gasteiger partial charge in [-0.3, -0.25) is 0 Å². The van der Waals surface area contributed by atoms with E-state index in [0.29, 0.717) is 0 Å². The van der Waals surface area contributed by atoms with Crippen molar-refractivity contribution in [1.82, 2.24) is 0 Å². The summed E-state index contributed by atoms with van der Waals surface area (Å²) in [4.78, 5) is 0. The molecule has 0 aromatic heterocycles. The molecule has 0 bridgehead atoms. The van der Waals surface area contributed by atoms with E-state index in [9.17, 15) is 0 Å². The largest absolute Gasteiger partial charge is 0.0622 e. The Morgan fingerprint density at radius 2 is 0.553 bits per heavy atom. The van der Waals surface area contributed by atoms with Gasteiger partial charge in [0.15, 0.2) is 0 Å². The minimum Gasteiger partial charge on any atom is -0.0622 e. The first-order chi connectivity index (χ1) is 18.7. The first kappa shape index (κ1) is 26.1. The molecular weight excluding hydrogens is 724 g/mol. The quantitative estimate of drug-likeness (QED) is 0.122. The number of fused-ring (bicyclic) bond motifs is 1. The van der Waals surface area contributed by atoms with Crippen LogP contribution in [0.15, 0.2) is 146 Å². The molecule has 0 saturated carbocycles. The topological polar surface area (TPSA) is 0 Å². The molecule has 6 aromatic carbocycles. The highest BCUT2D eigenvalue weighted by Crippen LogP contribution is 2.44. The Balaban J connectivity index is 1.77. The lowest BCUT2D eigenvalue weighted by atomic mass is 10.1. The van der Waals surface area contributed by atoms with Crippen LogP contribution in [0, 0.1) is 7.14 Å². The summed E-state index contributed by atoms with van der Waals surface area (Å²) in [5.41, 5.74) is 0. The predicted octanol–water partition coefficient (Wildman–Crippen LogP) is 7.57. The summed E-state index contributed by atoms with van der Waals surface area (Å²) in [6.45, 7) is 0. The van der Waals surface area contributed by atoms with E-state index < -0.39 is 15.8 Å². The number of hydrogen-bond donors (Lipinski definition) is 0. The van der Waals surface area contributed by atoms with Crippen LogP contribution in [0.2, 0.25) is 0 Å². The highest BCUT2D eigenvalue weighted by molar-refractivity contribution is 14.1. The molecule has 6 rings (SSSR count). The van der Waals surface area contributed by atoms with Crippen LogP contribution in [-0.2, 0) is 0 Å². The van der Waals surface area contributed by atoms with Crippen LogP contribution >= 0.6 is 61.0 Å². The Labute approximate surface area is 254 Å². The number of rotatable bonds is 6. The molecule has 0 nitrogen and oxygen atoms in total. The molecule has 0 fully saturated rings. The summed E-state index contributed by atoms with van der Waals surface area (Å²) in [6.07, 6.45) is 0. The van der Waals surface area contributed by atoms with Gasteiger partial charge in [0.05, 0.1) is 0 Å². The average molecular weight is 748 g/mol. The third-order valence-corrected chi connectivity index (χ3v) is 14.9. The Kier molecular flexibility index (Phi) is 8.23. The van der Waals surface area contributed by atoms with Crippen molar-refractivity contribution in [3.05, 3.63) is 153 Å². The lowest BCUT2D eigenvalue weighted by Crippen LogP contribution is -2.38. The van der Waals surface area contributed by atoms with Crippen molar-refractivity contribution in [1.29, 1.82) is 0 Å². The van der Waals surface area contributed by atoms with Crippen LogP contribution in [0.3, 0.4) is 0 Å². The standard InChI is InChI=1S/C34H24I2P2/c35-31-29-23-13-14-24-30(29)32(36)34(38(27-19-9-3-10-20-27)28-21-11-4-12-22-28)33(31)37(25-15-5-1-6-16-25)26-17-7-2-8-18-26/h1-24H. The van der Waals surface area contributed by atoms with E-state index >= 15 is 0 Å². The molecule has 4 heteroatoms. The van der Waals surface area contributed by atoms with E-state index in [4.69, 9.17) is 0 Å². The Bertz CT molecular complexity index is 1470. The van der Waals surface area contributed by atoms with Gasteiger partial charge in [-0.15, -0.1) is 0 Å². The molecule has 0 aliphatic carbocycles. The molecule has 0 aliphatic heterocycles. The lowest BCUT2D eigenvalue weighted by molar-refractivity contribution is 1.72. The van der Waals surface area contributed by atoms with Crippen molar-refractivity contribution in [2.75, 3.05) is 0 Å². The van der Waals surface area contributed by atoms with E-state index in [2.05, 4.69) is 191 Å². The Morgan fingerprint density at radius 3 is 0.816 bits per heavy atom. The molecule has 0 heterocycles. The molecule has 0 unspecified atom stereocenters. The van der Waals surface area contributed by atoms with Gasteiger partial charge in [0.25, 0.3) is 0 Å². The van der Waals surface area contributed by atoms with E-state index in [1.54, 1.807) is 0 Å². The van der Waals surface area contributed by atoms with E-state index in [1.807, 2.05) is 0 Å². The molecular formula is C34H24I2P2. The summed E-state index contributed by atoms with van der Waals surface area (Å²) in [5.74, 6) is 0. The first-order valence-corrected chi connectivity index (χ1v) is 17.3. The van der Waals surface area contributed by atoms with Crippen LogP contribution in [0.1, 0.15) is 0 Å². The summed E-state index contributed by atoms with van der Waals surface area (Å²) in [7, 11) is -1.57. The summed E-state index contributed by atoms with van der Waals surface area (Å²) < 4.78 is 2.73. The normalized spacial score (nSPS) is 11.4. The Hall–Kier alpha value is -2.10. The van der Waals surface area contributed by atoms with Gasteiger partial charge in [0.1, 0.15) is 0 Å². The van der Waals surface area contributed by atoms with Gasteiger partial charge >= 0.3 is 0 Å². The average Bonchev–Trinajstić information content (AvgIpc) is 2.99.